The van der Waals surface area contributed by atoms with Gasteiger partial charge in [-0.1, -0.05) is 42.1 Å². The first-order valence-corrected chi connectivity index (χ1v) is 6.35. The van der Waals surface area contributed by atoms with Crippen LogP contribution in [0.15, 0.2) is 30.3 Å². The van der Waals surface area contributed by atoms with Crippen LogP contribution in [-0.4, -0.2) is 23.0 Å². The van der Waals surface area contributed by atoms with Crippen molar-refractivity contribution in [2.24, 2.45) is 5.92 Å². The van der Waals surface area contributed by atoms with Crippen molar-refractivity contribution in [2.45, 2.75) is 18.3 Å². The molecule has 1 nitrogen and oxygen atoms in total. The summed E-state index contributed by atoms with van der Waals surface area (Å²) in [5, 5.41) is 9.13. The summed E-state index contributed by atoms with van der Waals surface area (Å²) >= 11 is -0.0233. The van der Waals surface area contributed by atoms with Crippen LogP contribution >= 0.6 is 11.8 Å². The zero-order chi connectivity index (χ0) is 12.7. The van der Waals surface area contributed by atoms with E-state index in [4.69, 9.17) is 5.11 Å². The van der Waals surface area contributed by atoms with Crippen molar-refractivity contribution in [3.8, 4) is 0 Å². The summed E-state index contributed by atoms with van der Waals surface area (Å²) in [5.41, 5.74) is -3.13. The van der Waals surface area contributed by atoms with Crippen molar-refractivity contribution in [2.75, 3.05) is 12.4 Å². The molecule has 0 aliphatic heterocycles. The van der Waals surface area contributed by atoms with E-state index in [9.17, 15) is 13.2 Å². The van der Waals surface area contributed by atoms with Crippen LogP contribution in [0.4, 0.5) is 13.2 Å². The molecule has 96 valence electrons. The Morgan fingerprint density at radius 2 is 1.82 bits per heavy atom. The number of hydrogen-bond donors (Lipinski definition) is 1. The highest BCUT2D eigenvalue weighted by Gasteiger charge is 2.27. The minimum atomic E-state index is -4.17. The van der Waals surface area contributed by atoms with Crippen LogP contribution in [0.25, 0.3) is 0 Å². The molecule has 1 rings (SSSR count). The molecule has 0 spiro atoms. The molecule has 1 N–H and O–H groups in total. The smallest absolute Gasteiger partial charge is 0.396 e. The Morgan fingerprint density at radius 3 is 2.35 bits per heavy atom. The molecule has 0 heterocycles. The average molecular weight is 264 g/mol. The lowest BCUT2D eigenvalue weighted by molar-refractivity contribution is -0.0328. The van der Waals surface area contributed by atoms with E-state index in [1.807, 2.05) is 30.3 Å². The molecule has 1 aromatic carbocycles. The fraction of sp³-hybridized carbons (Fsp3) is 0.500. The van der Waals surface area contributed by atoms with E-state index in [-0.39, 0.29) is 30.0 Å². The molecule has 0 fully saturated rings. The molecular weight excluding hydrogens is 249 g/mol. The lowest BCUT2D eigenvalue weighted by Gasteiger charge is -2.14. The second-order valence-electron chi connectivity index (χ2n) is 3.82. The van der Waals surface area contributed by atoms with Gasteiger partial charge in [0.1, 0.15) is 0 Å². The van der Waals surface area contributed by atoms with Gasteiger partial charge in [-0.25, -0.2) is 0 Å². The van der Waals surface area contributed by atoms with E-state index < -0.39 is 5.51 Å². The lowest BCUT2D eigenvalue weighted by Crippen LogP contribution is -2.12. The number of rotatable bonds is 6. The summed E-state index contributed by atoms with van der Waals surface area (Å²) in [6.45, 7) is -0.0761. The van der Waals surface area contributed by atoms with E-state index in [1.165, 1.54) is 0 Å². The van der Waals surface area contributed by atoms with Crippen LogP contribution in [0.5, 0.6) is 0 Å². The summed E-state index contributed by atoms with van der Waals surface area (Å²) in [5.74, 6) is -0.103. The van der Waals surface area contributed by atoms with Gasteiger partial charge in [0.2, 0.25) is 0 Å². The monoisotopic (exact) mass is 264 g/mol. The second-order valence-corrected chi connectivity index (χ2v) is 4.98. The van der Waals surface area contributed by atoms with Crippen molar-refractivity contribution in [1.82, 2.24) is 0 Å². The summed E-state index contributed by atoms with van der Waals surface area (Å²) in [6, 6.07) is 9.48. The highest BCUT2D eigenvalue weighted by molar-refractivity contribution is 8.00. The number of benzene rings is 1. The highest BCUT2D eigenvalue weighted by Crippen LogP contribution is 2.31. The second kappa shape index (κ2) is 6.91. The molecule has 0 radical (unpaired) electrons. The lowest BCUT2D eigenvalue weighted by atomic mass is 9.98. The van der Waals surface area contributed by atoms with E-state index in [2.05, 4.69) is 0 Å². The Morgan fingerprint density at radius 1 is 1.18 bits per heavy atom. The van der Waals surface area contributed by atoms with Gasteiger partial charge in [0, 0.05) is 12.4 Å². The molecular formula is C12H15F3OS. The fourth-order valence-corrected chi connectivity index (χ4v) is 2.23. The maximum absolute atomic E-state index is 11.9. The molecule has 0 amide bonds. The average Bonchev–Trinajstić information content (AvgIpc) is 2.27. The van der Waals surface area contributed by atoms with Gasteiger partial charge < -0.3 is 5.11 Å². The Hall–Kier alpha value is -0.680. The first-order chi connectivity index (χ1) is 8.01. The summed E-state index contributed by atoms with van der Waals surface area (Å²) in [7, 11) is 0. The molecule has 0 saturated carbocycles. The first kappa shape index (κ1) is 14.4. The van der Waals surface area contributed by atoms with Crippen LogP contribution < -0.4 is 0 Å². The van der Waals surface area contributed by atoms with E-state index in [0.29, 0.717) is 12.8 Å². The van der Waals surface area contributed by atoms with Gasteiger partial charge in [-0.05, 0) is 24.3 Å². The van der Waals surface area contributed by atoms with Gasteiger partial charge in [-0.3, -0.25) is 0 Å². The predicted molar refractivity (Wildman–Crippen MR) is 63.9 cm³/mol. The van der Waals surface area contributed by atoms with Crippen molar-refractivity contribution in [3.05, 3.63) is 35.9 Å². The van der Waals surface area contributed by atoms with Crippen molar-refractivity contribution < 1.29 is 18.3 Å². The molecule has 0 aromatic heterocycles. The van der Waals surface area contributed by atoms with Crippen LogP contribution in [0, 0.1) is 5.92 Å². The number of thioether (sulfide) groups is 1. The quantitative estimate of drug-likeness (QED) is 0.849. The first-order valence-electron chi connectivity index (χ1n) is 5.36. The number of alkyl halides is 3. The van der Waals surface area contributed by atoms with Crippen molar-refractivity contribution in [3.63, 3.8) is 0 Å². The Kier molecular flexibility index (Phi) is 5.85. The van der Waals surface area contributed by atoms with Gasteiger partial charge in [0.05, 0.1) is 0 Å². The summed E-state index contributed by atoms with van der Waals surface area (Å²) < 4.78 is 35.8. The molecule has 1 unspecified atom stereocenters. The number of halogens is 3. The minimum absolute atomic E-state index is 0.00155. The van der Waals surface area contributed by atoms with E-state index >= 15 is 0 Å². The van der Waals surface area contributed by atoms with E-state index in [1.54, 1.807) is 0 Å². The van der Waals surface area contributed by atoms with Gasteiger partial charge in [-0.2, -0.15) is 13.2 Å². The number of aliphatic hydroxyl groups is 1. The molecule has 0 bridgehead atoms. The van der Waals surface area contributed by atoms with E-state index in [0.717, 1.165) is 5.56 Å². The third-order valence-electron chi connectivity index (χ3n) is 2.42. The topological polar surface area (TPSA) is 20.2 Å². The van der Waals surface area contributed by atoms with Crippen molar-refractivity contribution in [1.29, 1.82) is 0 Å². The van der Waals surface area contributed by atoms with Crippen LogP contribution in [0.2, 0.25) is 0 Å². The molecule has 0 saturated heterocycles. The molecule has 1 aromatic rings. The Labute approximate surface area is 103 Å². The van der Waals surface area contributed by atoms with Crippen LogP contribution in [-0.2, 0) is 6.42 Å². The molecule has 0 aliphatic carbocycles. The SMILES string of the molecule is OCC(CCSC(F)(F)F)Cc1ccccc1. The summed E-state index contributed by atoms with van der Waals surface area (Å²) in [6.07, 6.45) is 0.991. The largest absolute Gasteiger partial charge is 0.441 e. The number of aliphatic hydroxyl groups excluding tert-OH is 1. The molecule has 17 heavy (non-hydrogen) atoms. The van der Waals surface area contributed by atoms with Crippen LogP contribution in [0.1, 0.15) is 12.0 Å². The zero-order valence-corrected chi connectivity index (χ0v) is 10.1. The third-order valence-corrected chi connectivity index (χ3v) is 3.18. The standard InChI is InChI=1S/C12H15F3OS/c13-12(14,15)17-7-6-11(9-16)8-10-4-2-1-3-5-10/h1-5,11,16H,6-9H2. The minimum Gasteiger partial charge on any atom is -0.396 e. The van der Waals surface area contributed by atoms with Crippen molar-refractivity contribution >= 4 is 11.8 Å². The predicted octanol–water partition coefficient (Wildman–Crippen LogP) is 3.48. The Balaban J connectivity index is 2.34. The zero-order valence-electron chi connectivity index (χ0n) is 9.28. The van der Waals surface area contributed by atoms with Gasteiger partial charge in [-0.15, -0.1) is 0 Å². The third kappa shape index (κ3) is 6.58. The number of hydrogen-bond acceptors (Lipinski definition) is 2. The van der Waals surface area contributed by atoms with Gasteiger partial charge in [0.25, 0.3) is 0 Å². The molecule has 0 aliphatic rings. The highest BCUT2D eigenvalue weighted by atomic mass is 32.2. The molecule has 5 heteroatoms. The van der Waals surface area contributed by atoms with Crippen LogP contribution in [0.3, 0.4) is 0 Å². The maximum Gasteiger partial charge on any atom is 0.441 e. The van der Waals surface area contributed by atoms with Gasteiger partial charge >= 0.3 is 5.51 Å². The van der Waals surface area contributed by atoms with Gasteiger partial charge in [0.15, 0.2) is 0 Å². The molecule has 1 atom stereocenters. The Bertz CT molecular complexity index is 313. The fourth-order valence-electron chi connectivity index (χ4n) is 1.55. The normalized spacial score (nSPS) is 13.6. The maximum atomic E-state index is 11.9. The summed E-state index contributed by atoms with van der Waals surface area (Å²) in [4.78, 5) is 0.